The van der Waals surface area contributed by atoms with Gasteiger partial charge in [0.1, 0.15) is 0 Å². The highest BCUT2D eigenvalue weighted by molar-refractivity contribution is 5.23. The lowest BCUT2D eigenvalue weighted by molar-refractivity contribution is 0.119. The Balaban J connectivity index is 1.87. The molecule has 3 heteroatoms. The SMILES string of the molecule is CCN(CC)C1CCN(CC(O)c2ccc(C)cc2)C1. The van der Waals surface area contributed by atoms with E-state index in [1.54, 1.807) is 0 Å². The molecule has 1 aromatic rings. The van der Waals surface area contributed by atoms with Gasteiger partial charge in [-0.15, -0.1) is 0 Å². The molecule has 2 rings (SSSR count). The second-order valence-corrected chi connectivity index (χ2v) is 5.85. The van der Waals surface area contributed by atoms with Gasteiger partial charge in [-0.1, -0.05) is 43.7 Å². The number of likely N-dealkylation sites (tertiary alicyclic amines) is 1. The summed E-state index contributed by atoms with van der Waals surface area (Å²) in [5.41, 5.74) is 2.27. The van der Waals surface area contributed by atoms with Crippen LogP contribution < -0.4 is 0 Å². The molecule has 0 bridgehead atoms. The fraction of sp³-hybridized carbons (Fsp3) is 0.647. The van der Waals surface area contributed by atoms with E-state index in [1.807, 2.05) is 12.1 Å². The van der Waals surface area contributed by atoms with Crippen molar-refractivity contribution < 1.29 is 5.11 Å². The smallest absolute Gasteiger partial charge is 0.0916 e. The van der Waals surface area contributed by atoms with Crippen LogP contribution in [0.1, 0.15) is 37.5 Å². The van der Waals surface area contributed by atoms with E-state index >= 15 is 0 Å². The largest absolute Gasteiger partial charge is 0.387 e. The zero-order valence-electron chi connectivity index (χ0n) is 13.0. The molecule has 3 nitrogen and oxygen atoms in total. The molecule has 0 saturated carbocycles. The number of hydrogen-bond acceptors (Lipinski definition) is 3. The predicted octanol–water partition coefficient (Wildman–Crippen LogP) is 2.44. The molecule has 0 amide bonds. The number of benzene rings is 1. The van der Waals surface area contributed by atoms with E-state index in [1.165, 1.54) is 12.0 Å². The molecule has 0 spiro atoms. The number of aliphatic hydroxyl groups is 1. The number of β-amino-alcohol motifs (C(OH)–C–C–N with tert-alkyl or cyclic N) is 1. The molecule has 1 aliphatic heterocycles. The van der Waals surface area contributed by atoms with Crippen molar-refractivity contribution in [3.8, 4) is 0 Å². The Bertz CT molecular complexity index is 400. The number of likely N-dealkylation sites (N-methyl/N-ethyl adjacent to an activating group) is 1. The van der Waals surface area contributed by atoms with Crippen LogP contribution in [0, 0.1) is 6.92 Å². The Kier molecular flexibility index (Phi) is 5.58. The van der Waals surface area contributed by atoms with Crippen molar-refractivity contribution in [2.24, 2.45) is 0 Å². The average Bonchev–Trinajstić information content (AvgIpc) is 2.89. The maximum atomic E-state index is 10.4. The van der Waals surface area contributed by atoms with Gasteiger partial charge in [0.25, 0.3) is 0 Å². The van der Waals surface area contributed by atoms with Crippen LogP contribution in [0.3, 0.4) is 0 Å². The third-order valence-corrected chi connectivity index (χ3v) is 4.47. The number of aryl methyl sites for hydroxylation is 1. The minimum Gasteiger partial charge on any atom is -0.387 e. The summed E-state index contributed by atoms with van der Waals surface area (Å²) < 4.78 is 0. The second kappa shape index (κ2) is 7.21. The van der Waals surface area contributed by atoms with Gasteiger partial charge in [0.05, 0.1) is 6.10 Å². The molecule has 1 fully saturated rings. The van der Waals surface area contributed by atoms with Crippen LogP contribution in [-0.2, 0) is 0 Å². The maximum Gasteiger partial charge on any atom is 0.0916 e. The van der Waals surface area contributed by atoms with E-state index in [9.17, 15) is 5.11 Å². The Morgan fingerprint density at radius 3 is 2.50 bits per heavy atom. The number of nitrogens with zero attached hydrogens (tertiary/aromatic N) is 2. The van der Waals surface area contributed by atoms with Crippen LogP contribution in [0.25, 0.3) is 0 Å². The van der Waals surface area contributed by atoms with Gasteiger partial charge in [-0.05, 0) is 38.5 Å². The second-order valence-electron chi connectivity index (χ2n) is 5.85. The number of rotatable bonds is 6. The summed E-state index contributed by atoms with van der Waals surface area (Å²) >= 11 is 0. The van der Waals surface area contributed by atoms with Gasteiger partial charge in [-0.25, -0.2) is 0 Å². The Hall–Kier alpha value is -0.900. The first kappa shape index (κ1) is 15.5. The quantitative estimate of drug-likeness (QED) is 0.864. The molecule has 1 aliphatic rings. The highest BCUT2D eigenvalue weighted by atomic mass is 16.3. The number of hydrogen-bond donors (Lipinski definition) is 1. The summed E-state index contributed by atoms with van der Waals surface area (Å²) in [4.78, 5) is 4.92. The first-order chi connectivity index (χ1) is 9.63. The summed E-state index contributed by atoms with van der Waals surface area (Å²) in [5, 5.41) is 10.4. The highest BCUT2D eigenvalue weighted by Gasteiger charge is 2.27. The zero-order valence-corrected chi connectivity index (χ0v) is 13.0. The van der Waals surface area contributed by atoms with Crippen molar-refractivity contribution in [3.63, 3.8) is 0 Å². The third kappa shape index (κ3) is 3.81. The molecule has 0 aromatic heterocycles. The molecule has 1 saturated heterocycles. The van der Waals surface area contributed by atoms with Gasteiger partial charge in [0.2, 0.25) is 0 Å². The van der Waals surface area contributed by atoms with Crippen LogP contribution in [-0.4, -0.2) is 53.7 Å². The predicted molar refractivity (Wildman–Crippen MR) is 83.9 cm³/mol. The molecule has 2 atom stereocenters. The first-order valence-electron chi connectivity index (χ1n) is 7.85. The Labute approximate surface area is 123 Å². The molecule has 0 radical (unpaired) electrons. The molecular formula is C17H28N2O. The zero-order chi connectivity index (χ0) is 14.5. The van der Waals surface area contributed by atoms with E-state index in [2.05, 4.69) is 42.7 Å². The molecule has 1 heterocycles. The van der Waals surface area contributed by atoms with Crippen LogP contribution in [0.2, 0.25) is 0 Å². The van der Waals surface area contributed by atoms with Gasteiger partial charge >= 0.3 is 0 Å². The van der Waals surface area contributed by atoms with E-state index in [-0.39, 0.29) is 6.10 Å². The van der Waals surface area contributed by atoms with Crippen LogP contribution in [0.4, 0.5) is 0 Å². The average molecular weight is 276 g/mol. The van der Waals surface area contributed by atoms with E-state index in [4.69, 9.17) is 0 Å². The van der Waals surface area contributed by atoms with Crippen molar-refractivity contribution in [3.05, 3.63) is 35.4 Å². The lowest BCUT2D eigenvalue weighted by Crippen LogP contribution is -2.38. The summed E-state index contributed by atoms with van der Waals surface area (Å²) in [7, 11) is 0. The Morgan fingerprint density at radius 2 is 1.90 bits per heavy atom. The first-order valence-corrected chi connectivity index (χ1v) is 7.85. The van der Waals surface area contributed by atoms with Crippen molar-refractivity contribution in [2.75, 3.05) is 32.7 Å². The van der Waals surface area contributed by atoms with Crippen molar-refractivity contribution in [1.29, 1.82) is 0 Å². The number of aliphatic hydroxyl groups excluding tert-OH is 1. The molecule has 112 valence electrons. The summed E-state index contributed by atoms with van der Waals surface area (Å²) in [6.45, 7) is 11.7. The lowest BCUT2D eigenvalue weighted by Gasteiger charge is -2.26. The van der Waals surface area contributed by atoms with Gasteiger partial charge in [0, 0.05) is 19.1 Å². The van der Waals surface area contributed by atoms with Crippen molar-refractivity contribution >= 4 is 0 Å². The molecule has 20 heavy (non-hydrogen) atoms. The normalized spacial score (nSPS) is 21.6. The standard InChI is InChI=1S/C17H28N2O/c1-4-19(5-2)16-10-11-18(12-16)13-17(20)15-8-6-14(3)7-9-15/h6-9,16-17,20H,4-5,10-13H2,1-3H3. The molecule has 1 aromatic carbocycles. The lowest BCUT2D eigenvalue weighted by atomic mass is 10.1. The maximum absolute atomic E-state index is 10.4. The highest BCUT2D eigenvalue weighted by Crippen LogP contribution is 2.20. The van der Waals surface area contributed by atoms with E-state index in [0.717, 1.165) is 38.3 Å². The fourth-order valence-corrected chi connectivity index (χ4v) is 3.15. The summed E-state index contributed by atoms with van der Waals surface area (Å²) in [6, 6.07) is 8.88. The summed E-state index contributed by atoms with van der Waals surface area (Å²) in [5.74, 6) is 0. The minimum absolute atomic E-state index is 0.369. The van der Waals surface area contributed by atoms with Crippen LogP contribution >= 0.6 is 0 Å². The molecule has 1 N–H and O–H groups in total. The third-order valence-electron chi connectivity index (χ3n) is 4.47. The van der Waals surface area contributed by atoms with E-state index in [0.29, 0.717) is 6.04 Å². The van der Waals surface area contributed by atoms with Crippen LogP contribution in [0.15, 0.2) is 24.3 Å². The molecule has 2 unspecified atom stereocenters. The fourth-order valence-electron chi connectivity index (χ4n) is 3.15. The van der Waals surface area contributed by atoms with E-state index < -0.39 is 0 Å². The Morgan fingerprint density at radius 1 is 1.25 bits per heavy atom. The molecule has 0 aliphatic carbocycles. The van der Waals surface area contributed by atoms with Gasteiger partial charge < -0.3 is 5.11 Å². The monoisotopic (exact) mass is 276 g/mol. The van der Waals surface area contributed by atoms with Crippen molar-refractivity contribution in [1.82, 2.24) is 9.80 Å². The van der Waals surface area contributed by atoms with Gasteiger partial charge in [-0.2, -0.15) is 0 Å². The van der Waals surface area contributed by atoms with Crippen molar-refractivity contribution in [2.45, 2.75) is 39.3 Å². The van der Waals surface area contributed by atoms with Gasteiger partial charge in [-0.3, -0.25) is 9.80 Å². The van der Waals surface area contributed by atoms with Gasteiger partial charge in [0.15, 0.2) is 0 Å². The topological polar surface area (TPSA) is 26.7 Å². The minimum atomic E-state index is -0.369. The van der Waals surface area contributed by atoms with Crippen LogP contribution in [0.5, 0.6) is 0 Å². The summed E-state index contributed by atoms with van der Waals surface area (Å²) in [6.07, 6.45) is 0.855. The molecular weight excluding hydrogens is 248 g/mol.